The minimum Gasteiger partial charge on any atom is -0.467 e. The molecule has 182 valence electrons. The Bertz CT molecular complexity index is 1150. The summed E-state index contributed by atoms with van der Waals surface area (Å²) in [4.78, 5) is 39.7. The number of hydrogen-bond acceptors (Lipinski definition) is 5. The van der Waals surface area contributed by atoms with Crippen molar-refractivity contribution < 1.29 is 18.8 Å². The van der Waals surface area contributed by atoms with Crippen LogP contribution in [0.5, 0.6) is 0 Å². The van der Waals surface area contributed by atoms with E-state index in [1.54, 1.807) is 54.8 Å². The summed E-state index contributed by atoms with van der Waals surface area (Å²) in [6.07, 6.45) is 5.96. The summed E-state index contributed by atoms with van der Waals surface area (Å²) in [5, 5.41) is 8.66. The molecule has 3 N–H and O–H groups in total. The van der Waals surface area contributed by atoms with E-state index in [1.807, 2.05) is 17.0 Å². The summed E-state index contributed by atoms with van der Waals surface area (Å²) in [6.45, 7) is 1.89. The Morgan fingerprint density at radius 3 is 2.29 bits per heavy atom. The Labute approximate surface area is 204 Å². The topological polar surface area (TPSA) is 104 Å². The predicted molar refractivity (Wildman–Crippen MR) is 134 cm³/mol. The number of furan rings is 1. The fraction of sp³-hybridized carbons (Fsp3) is 0.296. The highest BCUT2D eigenvalue weighted by molar-refractivity contribution is 5.98. The lowest BCUT2D eigenvalue weighted by atomic mass is 10.1. The lowest BCUT2D eigenvalue weighted by Gasteiger charge is -2.20. The van der Waals surface area contributed by atoms with Gasteiger partial charge in [0.25, 0.3) is 11.8 Å². The van der Waals surface area contributed by atoms with E-state index < -0.39 is 0 Å². The monoisotopic (exact) mass is 474 g/mol. The zero-order chi connectivity index (χ0) is 24.5. The zero-order valence-corrected chi connectivity index (χ0v) is 19.6. The first-order chi connectivity index (χ1) is 17.1. The van der Waals surface area contributed by atoms with E-state index in [0.717, 1.165) is 25.9 Å². The molecule has 2 aromatic carbocycles. The fourth-order valence-electron chi connectivity index (χ4n) is 4.03. The van der Waals surface area contributed by atoms with Crippen LogP contribution in [0.1, 0.15) is 52.2 Å². The number of carbonyl (C=O) groups is 3. The quantitative estimate of drug-likeness (QED) is 0.452. The van der Waals surface area contributed by atoms with Crippen LogP contribution in [-0.2, 0) is 11.3 Å². The number of nitrogens with one attached hydrogen (secondary N) is 3. The van der Waals surface area contributed by atoms with Gasteiger partial charge in [-0.15, -0.1) is 0 Å². The number of likely N-dealkylation sites (tertiary alicyclic amines) is 1. The van der Waals surface area contributed by atoms with E-state index in [4.69, 9.17) is 4.42 Å². The van der Waals surface area contributed by atoms with Gasteiger partial charge in [-0.25, -0.2) is 0 Å². The average molecular weight is 475 g/mol. The van der Waals surface area contributed by atoms with E-state index in [0.29, 0.717) is 28.3 Å². The van der Waals surface area contributed by atoms with Crippen molar-refractivity contribution >= 4 is 29.1 Å². The third-order valence-electron chi connectivity index (χ3n) is 5.87. The first-order valence-electron chi connectivity index (χ1n) is 11.9. The Kier molecular flexibility index (Phi) is 8.17. The van der Waals surface area contributed by atoms with Crippen molar-refractivity contribution in [3.63, 3.8) is 0 Å². The third-order valence-corrected chi connectivity index (χ3v) is 5.87. The maximum Gasteiger partial charge on any atom is 0.253 e. The molecule has 0 saturated carbocycles. The molecule has 1 aliphatic heterocycles. The van der Waals surface area contributed by atoms with E-state index in [2.05, 4.69) is 16.0 Å². The van der Waals surface area contributed by atoms with Gasteiger partial charge in [0.15, 0.2) is 0 Å². The number of hydrogen-bond donors (Lipinski definition) is 3. The third kappa shape index (κ3) is 6.96. The fourth-order valence-corrected chi connectivity index (χ4v) is 4.03. The van der Waals surface area contributed by atoms with Gasteiger partial charge in [0.2, 0.25) is 5.91 Å². The van der Waals surface area contributed by atoms with E-state index >= 15 is 0 Å². The van der Waals surface area contributed by atoms with Crippen molar-refractivity contribution in [2.75, 3.05) is 30.3 Å². The van der Waals surface area contributed by atoms with Gasteiger partial charge in [0.1, 0.15) is 5.76 Å². The van der Waals surface area contributed by atoms with Crippen molar-refractivity contribution in [2.45, 2.75) is 32.2 Å². The number of nitrogens with zero attached hydrogens (tertiary/aromatic N) is 1. The van der Waals surface area contributed by atoms with Crippen molar-refractivity contribution in [1.29, 1.82) is 0 Å². The molecule has 1 aliphatic rings. The Hall–Kier alpha value is -4.07. The molecule has 0 radical (unpaired) electrons. The van der Waals surface area contributed by atoms with Crippen molar-refractivity contribution in [3.8, 4) is 0 Å². The molecule has 0 unspecified atom stereocenters. The maximum atomic E-state index is 12.9. The molecular weight excluding hydrogens is 444 g/mol. The normalized spacial score (nSPS) is 13.5. The molecule has 2 heterocycles. The summed E-state index contributed by atoms with van der Waals surface area (Å²) in [5.74, 6) is 0.164. The molecule has 35 heavy (non-hydrogen) atoms. The van der Waals surface area contributed by atoms with Crippen LogP contribution in [0.4, 0.5) is 11.4 Å². The highest BCUT2D eigenvalue weighted by atomic mass is 16.3. The molecule has 8 nitrogen and oxygen atoms in total. The van der Waals surface area contributed by atoms with Crippen LogP contribution < -0.4 is 16.0 Å². The van der Waals surface area contributed by atoms with Crippen molar-refractivity contribution in [2.24, 2.45) is 0 Å². The molecule has 0 bridgehead atoms. The van der Waals surface area contributed by atoms with Crippen LogP contribution >= 0.6 is 0 Å². The van der Waals surface area contributed by atoms with Gasteiger partial charge >= 0.3 is 0 Å². The maximum absolute atomic E-state index is 12.9. The van der Waals surface area contributed by atoms with Crippen molar-refractivity contribution in [3.05, 3.63) is 83.8 Å². The highest BCUT2D eigenvalue weighted by Gasteiger charge is 2.17. The van der Waals surface area contributed by atoms with E-state index in [1.165, 1.54) is 12.8 Å². The summed E-state index contributed by atoms with van der Waals surface area (Å²) < 4.78 is 5.22. The van der Waals surface area contributed by atoms with Crippen molar-refractivity contribution in [1.82, 2.24) is 10.2 Å². The second-order valence-corrected chi connectivity index (χ2v) is 8.53. The molecule has 1 saturated heterocycles. The summed E-state index contributed by atoms with van der Waals surface area (Å²) in [5.41, 5.74) is 2.27. The SMILES string of the molecule is O=C(CNc1cccc(C(=O)N2CCCCCC2)c1)Nc1cccc(C(=O)NCc2ccco2)c1. The lowest BCUT2D eigenvalue weighted by Crippen LogP contribution is -2.31. The van der Waals surface area contributed by atoms with Gasteiger partial charge in [0.05, 0.1) is 19.4 Å². The van der Waals surface area contributed by atoms with Crippen LogP contribution in [0.15, 0.2) is 71.3 Å². The lowest BCUT2D eigenvalue weighted by molar-refractivity contribution is -0.114. The first-order valence-corrected chi connectivity index (χ1v) is 11.9. The molecule has 4 rings (SSSR count). The van der Waals surface area contributed by atoms with Crippen LogP contribution in [0.3, 0.4) is 0 Å². The molecule has 1 fully saturated rings. The second kappa shape index (κ2) is 11.9. The van der Waals surface area contributed by atoms with Gasteiger partial charge in [-0.3, -0.25) is 14.4 Å². The molecule has 0 atom stereocenters. The van der Waals surface area contributed by atoms with Crippen LogP contribution in [0, 0.1) is 0 Å². The van der Waals surface area contributed by atoms with Crippen LogP contribution in [0.25, 0.3) is 0 Å². The largest absolute Gasteiger partial charge is 0.467 e. The van der Waals surface area contributed by atoms with Crippen LogP contribution in [-0.4, -0.2) is 42.3 Å². The predicted octanol–water partition coefficient (Wildman–Crippen LogP) is 4.28. The average Bonchev–Trinajstić information content (AvgIpc) is 3.26. The molecule has 0 spiro atoms. The highest BCUT2D eigenvalue weighted by Crippen LogP contribution is 2.17. The van der Waals surface area contributed by atoms with Gasteiger partial charge in [-0.2, -0.15) is 0 Å². The summed E-state index contributed by atoms with van der Waals surface area (Å²) in [7, 11) is 0. The number of anilines is 2. The number of benzene rings is 2. The minimum absolute atomic E-state index is 0.0241. The zero-order valence-electron chi connectivity index (χ0n) is 19.6. The number of carbonyl (C=O) groups excluding carboxylic acids is 3. The Morgan fingerprint density at radius 1 is 0.829 bits per heavy atom. The van der Waals surface area contributed by atoms with Gasteiger partial charge in [-0.1, -0.05) is 25.0 Å². The van der Waals surface area contributed by atoms with Crippen LogP contribution in [0.2, 0.25) is 0 Å². The van der Waals surface area contributed by atoms with E-state index in [-0.39, 0.29) is 30.8 Å². The second-order valence-electron chi connectivity index (χ2n) is 8.53. The summed E-state index contributed by atoms with van der Waals surface area (Å²) >= 11 is 0. The van der Waals surface area contributed by atoms with Gasteiger partial charge in [0, 0.05) is 35.6 Å². The smallest absolute Gasteiger partial charge is 0.253 e. The standard InChI is InChI=1S/C27H30N4O4/c32-25(30-23-11-5-8-20(16-23)26(33)29-18-24-12-7-15-35-24)19-28-22-10-6-9-21(17-22)27(34)31-13-3-1-2-4-14-31/h5-12,15-17,28H,1-4,13-14,18-19H2,(H,29,33)(H,30,32). The molecule has 3 aromatic rings. The Balaban J connectivity index is 1.29. The number of amides is 3. The molecular formula is C27H30N4O4. The first kappa shape index (κ1) is 24.1. The van der Waals surface area contributed by atoms with Gasteiger partial charge in [-0.05, 0) is 61.4 Å². The van der Waals surface area contributed by atoms with Gasteiger partial charge < -0.3 is 25.3 Å². The minimum atomic E-state index is -0.262. The molecule has 0 aliphatic carbocycles. The number of rotatable bonds is 8. The molecule has 3 amide bonds. The Morgan fingerprint density at radius 2 is 1.54 bits per heavy atom. The summed E-state index contributed by atoms with van der Waals surface area (Å²) in [6, 6.07) is 17.5. The molecule has 8 heteroatoms. The molecule has 1 aromatic heterocycles. The van der Waals surface area contributed by atoms with E-state index in [9.17, 15) is 14.4 Å².